The molecular formula is C21H27N3O4S. The van der Waals surface area contributed by atoms with Crippen LogP contribution in [0.15, 0.2) is 54.6 Å². The molecule has 8 heteroatoms. The van der Waals surface area contributed by atoms with Crippen molar-refractivity contribution in [3.63, 3.8) is 0 Å². The zero-order chi connectivity index (χ0) is 21.0. The first-order chi connectivity index (χ1) is 13.8. The summed E-state index contributed by atoms with van der Waals surface area (Å²) >= 11 is 0. The number of hydrogen-bond donors (Lipinski definition) is 0. The van der Waals surface area contributed by atoms with E-state index in [1.165, 1.54) is 11.4 Å². The highest BCUT2D eigenvalue weighted by Gasteiger charge is 2.33. The lowest BCUT2D eigenvalue weighted by atomic mass is 10.2. The predicted molar refractivity (Wildman–Crippen MR) is 115 cm³/mol. The summed E-state index contributed by atoms with van der Waals surface area (Å²) in [5.41, 5.74) is 1.54. The number of rotatable bonds is 6. The van der Waals surface area contributed by atoms with Gasteiger partial charge >= 0.3 is 0 Å². The Kier molecular flexibility index (Phi) is 6.32. The largest absolute Gasteiger partial charge is 0.497 e. The normalized spacial score (nSPS) is 15.7. The standard InChI is InChI=1S/C21H27N3O4S/c1-17(24(29(3,26)27)19-10-7-11-20(16-19)28-2)21(25)23-14-12-22(13-15-23)18-8-5-4-6-9-18/h4-11,16-17H,12-15H2,1-3H3. The van der Waals surface area contributed by atoms with Crippen molar-refractivity contribution in [2.75, 3.05) is 48.7 Å². The molecular weight excluding hydrogens is 390 g/mol. The first-order valence-corrected chi connectivity index (χ1v) is 11.4. The van der Waals surface area contributed by atoms with Crippen LogP contribution < -0.4 is 13.9 Å². The summed E-state index contributed by atoms with van der Waals surface area (Å²) in [7, 11) is -2.14. The second kappa shape index (κ2) is 8.73. The van der Waals surface area contributed by atoms with E-state index < -0.39 is 16.1 Å². The summed E-state index contributed by atoms with van der Waals surface area (Å²) in [4.78, 5) is 17.1. The second-order valence-electron chi connectivity index (χ2n) is 7.08. The molecule has 1 heterocycles. The number of carbonyl (C=O) groups is 1. The maximum absolute atomic E-state index is 13.1. The van der Waals surface area contributed by atoms with Gasteiger partial charge in [0.2, 0.25) is 15.9 Å². The Hall–Kier alpha value is -2.74. The molecule has 3 rings (SSSR count). The van der Waals surface area contributed by atoms with Crippen molar-refractivity contribution >= 4 is 27.3 Å². The van der Waals surface area contributed by atoms with Gasteiger partial charge in [0.15, 0.2) is 0 Å². The van der Waals surface area contributed by atoms with E-state index in [9.17, 15) is 13.2 Å². The van der Waals surface area contributed by atoms with E-state index in [2.05, 4.69) is 4.90 Å². The molecule has 7 nitrogen and oxygen atoms in total. The maximum Gasteiger partial charge on any atom is 0.246 e. The smallest absolute Gasteiger partial charge is 0.246 e. The van der Waals surface area contributed by atoms with Gasteiger partial charge < -0.3 is 14.5 Å². The van der Waals surface area contributed by atoms with Crippen LogP contribution in [-0.2, 0) is 14.8 Å². The molecule has 0 bridgehead atoms. The molecule has 0 saturated carbocycles. The van der Waals surface area contributed by atoms with Gasteiger partial charge in [0.05, 0.1) is 19.1 Å². The summed E-state index contributed by atoms with van der Waals surface area (Å²) in [6.45, 7) is 4.15. The fourth-order valence-corrected chi connectivity index (χ4v) is 4.80. The molecule has 1 amide bonds. The summed E-state index contributed by atoms with van der Waals surface area (Å²) in [5.74, 6) is 0.332. The zero-order valence-electron chi connectivity index (χ0n) is 17.0. The number of nitrogens with zero attached hydrogens (tertiary/aromatic N) is 3. The van der Waals surface area contributed by atoms with Gasteiger partial charge in [0.1, 0.15) is 11.8 Å². The van der Waals surface area contributed by atoms with Crippen LogP contribution in [0.3, 0.4) is 0 Å². The third kappa shape index (κ3) is 4.82. The third-order valence-corrected chi connectivity index (χ3v) is 6.33. The topological polar surface area (TPSA) is 70.2 Å². The van der Waals surface area contributed by atoms with Crippen molar-refractivity contribution in [1.82, 2.24) is 4.90 Å². The molecule has 156 valence electrons. The molecule has 1 fully saturated rings. The van der Waals surface area contributed by atoms with E-state index in [1.807, 2.05) is 30.3 Å². The van der Waals surface area contributed by atoms with Crippen LogP contribution in [0, 0.1) is 0 Å². The van der Waals surface area contributed by atoms with E-state index in [0.717, 1.165) is 11.9 Å². The van der Waals surface area contributed by atoms with Crippen LogP contribution >= 0.6 is 0 Å². The lowest BCUT2D eigenvalue weighted by Crippen LogP contribution is -2.55. The van der Waals surface area contributed by atoms with Gasteiger partial charge in [-0.3, -0.25) is 9.10 Å². The Bertz CT molecular complexity index is 941. The molecule has 0 radical (unpaired) electrons. The first kappa shape index (κ1) is 21.0. The quantitative estimate of drug-likeness (QED) is 0.721. The summed E-state index contributed by atoms with van der Waals surface area (Å²) in [5, 5.41) is 0. The lowest BCUT2D eigenvalue weighted by Gasteiger charge is -2.39. The van der Waals surface area contributed by atoms with Crippen LogP contribution in [0.5, 0.6) is 5.75 Å². The van der Waals surface area contributed by atoms with Crippen molar-refractivity contribution in [2.45, 2.75) is 13.0 Å². The SMILES string of the molecule is COc1cccc(N(C(C)C(=O)N2CCN(c3ccccc3)CC2)S(C)(=O)=O)c1. The van der Waals surface area contributed by atoms with Crippen molar-refractivity contribution in [2.24, 2.45) is 0 Å². The molecule has 0 N–H and O–H groups in total. The van der Waals surface area contributed by atoms with Crippen molar-refractivity contribution in [1.29, 1.82) is 0 Å². The molecule has 1 aliphatic heterocycles. The minimum absolute atomic E-state index is 0.203. The summed E-state index contributed by atoms with van der Waals surface area (Å²) in [6.07, 6.45) is 1.11. The molecule has 1 atom stereocenters. The number of piperazine rings is 1. The lowest BCUT2D eigenvalue weighted by molar-refractivity contribution is -0.132. The number of sulfonamides is 1. The van der Waals surface area contributed by atoms with Crippen LogP contribution in [0.1, 0.15) is 6.92 Å². The average Bonchev–Trinajstić information content (AvgIpc) is 2.73. The minimum Gasteiger partial charge on any atom is -0.497 e. The van der Waals surface area contributed by atoms with Gasteiger partial charge in [-0.25, -0.2) is 8.42 Å². The minimum atomic E-state index is -3.66. The second-order valence-corrected chi connectivity index (χ2v) is 8.94. The first-order valence-electron chi connectivity index (χ1n) is 9.53. The molecule has 2 aromatic carbocycles. The highest BCUT2D eigenvalue weighted by Crippen LogP contribution is 2.26. The van der Waals surface area contributed by atoms with E-state index in [1.54, 1.807) is 36.1 Å². The number of anilines is 2. The fraction of sp³-hybridized carbons (Fsp3) is 0.381. The van der Waals surface area contributed by atoms with Gasteiger partial charge in [-0.2, -0.15) is 0 Å². The van der Waals surface area contributed by atoms with Gasteiger partial charge in [0, 0.05) is 37.9 Å². The molecule has 2 aromatic rings. The van der Waals surface area contributed by atoms with E-state index in [0.29, 0.717) is 37.6 Å². The fourth-order valence-electron chi connectivity index (χ4n) is 3.64. The van der Waals surface area contributed by atoms with Gasteiger partial charge in [-0.1, -0.05) is 24.3 Å². The molecule has 1 saturated heterocycles. The molecule has 0 aliphatic carbocycles. The molecule has 1 aliphatic rings. The third-order valence-electron chi connectivity index (χ3n) is 5.09. The average molecular weight is 418 g/mol. The highest BCUT2D eigenvalue weighted by atomic mass is 32.2. The van der Waals surface area contributed by atoms with E-state index in [-0.39, 0.29) is 5.91 Å². The molecule has 29 heavy (non-hydrogen) atoms. The van der Waals surface area contributed by atoms with Crippen LogP contribution in [0.2, 0.25) is 0 Å². The Labute approximate surface area is 172 Å². The number of carbonyl (C=O) groups excluding carboxylic acids is 1. The van der Waals surface area contributed by atoms with Crippen LogP contribution in [-0.4, -0.2) is 64.8 Å². The van der Waals surface area contributed by atoms with E-state index >= 15 is 0 Å². The number of benzene rings is 2. The van der Waals surface area contributed by atoms with Crippen molar-refractivity contribution in [3.8, 4) is 5.75 Å². The maximum atomic E-state index is 13.1. The van der Waals surface area contributed by atoms with Gasteiger partial charge in [-0.05, 0) is 31.2 Å². The Balaban J connectivity index is 1.75. The zero-order valence-corrected chi connectivity index (χ0v) is 17.8. The number of para-hydroxylation sites is 1. The summed E-state index contributed by atoms with van der Waals surface area (Å²) in [6, 6.07) is 16.0. The van der Waals surface area contributed by atoms with E-state index in [4.69, 9.17) is 4.74 Å². The Morgan fingerprint density at radius 2 is 1.69 bits per heavy atom. The Morgan fingerprint density at radius 1 is 1.03 bits per heavy atom. The molecule has 0 aromatic heterocycles. The number of hydrogen-bond acceptors (Lipinski definition) is 5. The van der Waals surface area contributed by atoms with Crippen molar-refractivity contribution in [3.05, 3.63) is 54.6 Å². The monoisotopic (exact) mass is 417 g/mol. The summed E-state index contributed by atoms with van der Waals surface area (Å²) < 4.78 is 31.4. The number of methoxy groups -OCH3 is 1. The van der Waals surface area contributed by atoms with Gasteiger partial charge in [0.25, 0.3) is 0 Å². The van der Waals surface area contributed by atoms with Crippen LogP contribution in [0.25, 0.3) is 0 Å². The highest BCUT2D eigenvalue weighted by molar-refractivity contribution is 7.92. The predicted octanol–water partition coefficient (Wildman–Crippen LogP) is 2.20. The van der Waals surface area contributed by atoms with Gasteiger partial charge in [-0.15, -0.1) is 0 Å². The number of ether oxygens (including phenoxy) is 1. The number of amides is 1. The molecule has 0 spiro atoms. The van der Waals surface area contributed by atoms with Crippen molar-refractivity contribution < 1.29 is 17.9 Å². The van der Waals surface area contributed by atoms with Crippen LogP contribution in [0.4, 0.5) is 11.4 Å². The Morgan fingerprint density at radius 3 is 2.28 bits per heavy atom. The molecule has 1 unspecified atom stereocenters.